The van der Waals surface area contributed by atoms with Crippen molar-refractivity contribution in [2.45, 2.75) is 6.92 Å². The summed E-state index contributed by atoms with van der Waals surface area (Å²) in [6.45, 7) is 1.98. The number of benzene rings is 1. The first kappa shape index (κ1) is 10.8. The van der Waals surface area contributed by atoms with Gasteiger partial charge >= 0.3 is 0 Å². The highest BCUT2D eigenvalue weighted by atomic mass is 15.3. The van der Waals surface area contributed by atoms with Crippen molar-refractivity contribution in [2.75, 3.05) is 5.32 Å². The van der Waals surface area contributed by atoms with Gasteiger partial charge in [-0.3, -0.25) is 4.68 Å². The SMILES string of the molecule is Cc1nn(C)cc1Nc1nccc2ccccc12. The molecule has 0 aliphatic carbocycles. The van der Waals surface area contributed by atoms with Crippen LogP contribution in [0.3, 0.4) is 0 Å². The Labute approximate surface area is 105 Å². The van der Waals surface area contributed by atoms with E-state index in [-0.39, 0.29) is 0 Å². The average molecular weight is 238 g/mol. The normalized spacial score (nSPS) is 10.8. The van der Waals surface area contributed by atoms with Gasteiger partial charge in [0.1, 0.15) is 5.82 Å². The summed E-state index contributed by atoms with van der Waals surface area (Å²) in [5.41, 5.74) is 1.95. The van der Waals surface area contributed by atoms with Crippen molar-refractivity contribution in [3.63, 3.8) is 0 Å². The molecule has 90 valence electrons. The number of pyridine rings is 1. The Hall–Kier alpha value is -2.36. The van der Waals surface area contributed by atoms with Gasteiger partial charge in [-0.2, -0.15) is 5.10 Å². The number of fused-ring (bicyclic) bond motifs is 1. The fourth-order valence-corrected chi connectivity index (χ4v) is 2.07. The van der Waals surface area contributed by atoms with E-state index in [0.717, 1.165) is 22.6 Å². The van der Waals surface area contributed by atoms with E-state index in [4.69, 9.17) is 0 Å². The number of rotatable bonds is 2. The lowest BCUT2D eigenvalue weighted by Gasteiger charge is -2.07. The molecule has 0 atom stereocenters. The van der Waals surface area contributed by atoms with E-state index < -0.39 is 0 Å². The maximum atomic E-state index is 4.40. The monoisotopic (exact) mass is 238 g/mol. The van der Waals surface area contributed by atoms with E-state index in [1.165, 1.54) is 5.39 Å². The summed E-state index contributed by atoms with van der Waals surface area (Å²) in [4.78, 5) is 4.40. The Kier molecular flexibility index (Phi) is 2.48. The number of aryl methyl sites for hydroxylation is 2. The molecule has 0 unspecified atom stereocenters. The summed E-state index contributed by atoms with van der Waals surface area (Å²) in [6, 6.07) is 10.2. The summed E-state index contributed by atoms with van der Waals surface area (Å²) in [7, 11) is 1.91. The summed E-state index contributed by atoms with van der Waals surface area (Å²) in [5, 5.41) is 9.95. The van der Waals surface area contributed by atoms with Crippen molar-refractivity contribution in [3.05, 3.63) is 48.4 Å². The molecule has 1 aromatic carbocycles. The van der Waals surface area contributed by atoms with Crippen LogP contribution in [0.5, 0.6) is 0 Å². The molecule has 0 spiro atoms. The number of nitrogens with zero attached hydrogens (tertiary/aromatic N) is 3. The fourth-order valence-electron chi connectivity index (χ4n) is 2.07. The predicted molar refractivity (Wildman–Crippen MR) is 73.0 cm³/mol. The quantitative estimate of drug-likeness (QED) is 0.746. The minimum atomic E-state index is 0.865. The van der Waals surface area contributed by atoms with Crippen molar-refractivity contribution in [3.8, 4) is 0 Å². The molecule has 4 heteroatoms. The number of hydrogen-bond donors (Lipinski definition) is 1. The summed E-state index contributed by atoms with van der Waals surface area (Å²) >= 11 is 0. The largest absolute Gasteiger partial charge is 0.337 e. The maximum absolute atomic E-state index is 4.40. The van der Waals surface area contributed by atoms with Gasteiger partial charge < -0.3 is 5.32 Å². The van der Waals surface area contributed by atoms with E-state index in [9.17, 15) is 0 Å². The zero-order valence-corrected chi connectivity index (χ0v) is 10.4. The molecule has 4 nitrogen and oxygen atoms in total. The second-order valence-corrected chi connectivity index (χ2v) is 4.31. The molecule has 3 rings (SSSR count). The Balaban J connectivity index is 2.07. The topological polar surface area (TPSA) is 42.7 Å². The lowest BCUT2D eigenvalue weighted by Crippen LogP contribution is -1.94. The van der Waals surface area contributed by atoms with Crippen LogP contribution in [0.2, 0.25) is 0 Å². The predicted octanol–water partition coefficient (Wildman–Crippen LogP) is 3.02. The second kappa shape index (κ2) is 4.14. The van der Waals surface area contributed by atoms with E-state index in [1.807, 2.05) is 44.6 Å². The molecular formula is C14H14N4. The van der Waals surface area contributed by atoms with Gasteiger partial charge in [0.05, 0.1) is 11.4 Å². The zero-order valence-electron chi connectivity index (χ0n) is 10.4. The smallest absolute Gasteiger partial charge is 0.138 e. The van der Waals surface area contributed by atoms with Crippen LogP contribution in [0.25, 0.3) is 10.8 Å². The van der Waals surface area contributed by atoms with Crippen LogP contribution < -0.4 is 5.32 Å². The van der Waals surface area contributed by atoms with Crippen LogP contribution in [0.4, 0.5) is 11.5 Å². The molecule has 0 radical (unpaired) electrons. The van der Waals surface area contributed by atoms with Gasteiger partial charge in [0.15, 0.2) is 0 Å². The van der Waals surface area contributed by atoms with E-state index in [1.54, 1.807) is 4.68 Å². The first-order valence-electron chi connectivity index (χ1n) is 5.85. The van der Waals surface area contributed by atoms with Crippen LogP contribution in [0.15, 0.2) is 42.7 Å². The molecule has 3 aromatic rings. The molecule has 0 aliphatic rings. The molecule has 2 heterocycles. The third kappa shape index (κ3) is 1.82. The average Bonchev–Trinajstić information content (AvgIpc) is 2.68. The highest BCUT2D eigenvalue weighted by Crippen LogP contribution is 2.24. The first-order valence-corrected chi connectivity index (χ1v) is 5.85. The zero-order chi connectivity index (χ0) is 12.5. The van der Waals surface area contributed by atoms with Crippen molar-refractivity contribution < 1.29 is 0 Å². The molecule has 1 N–H and O–H groups in total. The molecule has 18 heavy (non-hydrogen) atoms. The first-order chi connectivity index (χ1) is 8.74. The summed E-state index contributed by atoms with van der Waals surface area (Å²) < 4.78 is 1.79. The molecule has 0 aliphatic heterocycles. The number of nitrogens with one attached hydrogen (secondary N) is 1. The molecular weight excluding hydrogens is 224 g/mol. The maximum Gasteiger partial charge on any atom is 0.138 e. The number of anilines is 2. The Bertz CT molecular complexity index is 695. The van der Waals surface area contributed by atoms with Crippen molar-refractivity contribution in [1.29, 1.82) is 0 Å². The third-order valence-electron chi connectivity index (χ3n) is 2.94. The third-order valence-corrected chi connectivity index (χ3v) is 2.94. The Morgan fingerprint density at radius 2 is 2.00 bits per heavy atom. The lowest BCUT2D eigenvalue weighted by atomic mass is 10.1. The van der Waals surface area contributed by atoms with Gasteiger partial charge in [-0.1, -0.05) is 24.3 Å². The Morgan fingerprint density at radius 1 is 1.17 bits per heavy atom. The fraction of sp³-hybridized carbons (Fsp3) is 0.143. The molecule has 0 amide bonds. The van der Waals surface area contributed by atoms with E-state index in [0.29, 0.717) is 0 Å². The van der Waals surface area contributed by atoms with Gasteiger partial charge in [0.2, 0.25) is 0 Å². The minimum Gasteiger partial charge on any atom is -0.337 e. The molecule has 0 bridgehead atoms. The number of aromatic nitrogens is 3. The van der Waals surface area contributed by atoms with Crippen molar-refractivity contribution >= 4 is 22.3 Å². The Morgan fingerprint density at radius 3 is 2.78 bits per heavy atom. The molecule has 0 fully saturated rings. The second-order valence-electron chi connectivity index (χ2n) is 4.31. The van der Waals surface area contributed by atoms with Gasteiger partial charge in [-0.15, -0.1) is 0 Å². The van der Waals surface area contributed by atoms with Crippen LogP contribution >= 0.6 is 0 Å². The van der Waals surface area contributed by atoms with E-state index >= 15 is 0 Å². The van der Waals surface area contributed by atoms with Crippen LogP contribution in [-0.4, -0.2) is 14.8 Å². The minimum absolute atomic E-state index is 0.865. The highest BCUT2D eigenvalue weighted by molar-refractivity contribution is 5.93. The molecule has 0 saturated heterocycles. The van der Waals surface area contributed by atoms with E-state index in [2.05, 4.69) is 27.5 Å². The lowest BCUT2D eigenvalue weighted by molar-refractivity contribution is 0.756. The van der Waals surface area contributed by atoms with Crippen LogP contribution in [-0.2, 0) is 7.05 Å². The summed E-state index contributed by atoms with van der Waals surface area (Å²) in [6.07, 6.45) is 3.77. The summed E-state index contributed by atoms with van der Waals surface area (Å²) in [5.74, 6) is 0.865. The van der Waals surface area contributed by atoms with Crippen molar-refractivity contribution in [2.24, 2.45) is 7.05 Å². The van der Waals surface area contributed by atoms with Crippen molar-refractivity contribution in [1.82, 2.24) is 14.8 Å². The highest BCUT2D eigenvalue weighted by Gasteiger charge is 2.06. The molecule has 0 saturated carbocycles. The molecule has 2 aromatic heterocycles. The van der Waals surface area contributed by atoms with Gasteiger partial charge in [0.25, 0.3) is 0 Å². The van der Waals surface area contributed by atoms with Crippen LogP contribution in [0, 0.1) is 6.92 Å². The van der Waals surface area contributed by atoms with Gasteiger partial charge in [0, 0.05) is 24.8 Å². The number of hydrogen-bond acceptors (Lipinski definition) is 3. The van der Waals surface area contributed by atoms with Gasteiger partial charge in [-0.05, 0) is 18.4 Å². The van der Waals surface area contributed by atoms with Crippen LogP contribution in [0.1, 0.15) is 5.69 Å². The van der Waals surface area contributed by atoms with Gasteiger partial charge in [-0.25, -0.2) is 4.98 Å². The standard InChI is InChI=1S/C14H14N4/c1-10-13(9-18(2)17-10)16-14-12-6-4-3-5-11(12)7-8-15-14/h3-9H,1-2H3,(H,15,16).